The summed E-state index contributed by atoms with van der Waals surface area (Å²) in [6.45, 7) is 2.18. The lowest BCUT2D eigenvalue weighted by molar-refractivity contribution is 0.414. The van der Waals surface area contributed by atoms with E-state index in [0.29, 0.717) is 0 Å². The van der Waals surface area contributed by atoms with E-state index in [1.54, 1.807) is 7.11 Å². The van der Waals surface area contributed by atoms with Crippen molar-refractivity contribution in [1.82, 2.24) is 0 Å². The summed E-state index contributed by atoms with van der Waals surface area (Å²) in [5, 5.41) is 0. The fourth-order valence-corrected chi connectivity index (χ4v) is 5.28. The maximum atomic E-state index is 5.66. The molecule has 2 aliphatic rings. The third-order valence-corrected chi connectivity index (χ3v) is 6.79. The van der Waals surface area contributed by atoms with Gasteiger partial charge in [0.25, 0.3) is 0 Å². The molecule has 0 saturated heterocycles. The van der Waals surface area contributed by atoms with Crippen LogP contribution in [-0.2, 0) is 5.41 Å². The molecule has 1 spiro atoms. The second-order valence-corrected chi connectivity index (χ2v) is 8.68. The van der Waals surface area contributed by atoms with Crippen molar-refractivity contribution >= 4 is 11.1 Å². The van der Waals surface area contributed by atoms with Gasteiger partial charge in [0.05, 0.1) is 12.5 Å². The van der Waals surface area contributed by atoms with Gasteiger partial charge in [0, 0.05) is 0 Å². The molecule has 32 heavy (non-hydrogen) atoms. The van der Waals surface area contributed by atoms with Crippen molar-refractivity contribution < 1.29 is 4.74 Å². The number of allylic oxidation sites excluding steroid dienone is 2. The average molecular weight is 413 g/mol. The molecule has 154 valence electrons. The summed E-state index contributed by atoms with van der Waals surface area (Å²) in [5.41, 5.74) is 11.2. The lowest BCUT2D eigenvalue weighted by Crippen LogP contribution is -2.19. The average Bonchev–Trinajstić information content (AvgIpc) is 3.35. The minimum Gasteiger partial charge on any atom is -0.497 e. The van der Waals surface area contributed by atoms with Crippen LogP contribution in [0, 0.1) is 6.92 Å². The summed E-state index contributed by atoms with van der Waals surface area (Å²) in [7, 11) is 1.74. The molecule has 0 bridgehead atoms. The van der Waals surface area contributed by atoms with Gasteiger partial charge < -0.3 is 4.74 Å². The minimum atomic E-state index is -0.318. The van der Waals surface area contributed by atoms with Gasteiger partial charge in [-0.2, -0.15) is 0 Å². The Labute approximate surface area is 189 Å². The van der Waals surface area contributed by atoms with Crippen LogP contribution < -0.4 is 4.74 Å². The largest absolute Gasteiger partial charge is 0.497 e. The van der Waals surface area contributed by atoms with Gasteiger partial charge in [-0.3, -0.25) is 0 Å². The summed E-state index contributed by atoms with van der Waals surface area (Å²) < 4.78 is 5.66. The first-order valence-electron chi connectivity index (χ1n) is 11.1. The van der Waals surface area contributed by atoms with Crippen molar-refractivity contribution in [3.63, 3.8) is 0 Å². The van der Waals surface area contributed by atoms with Crippen molar-refractivity contribution in [2.24, 2.45) is 0 Å². The topological polar surface area (TPSA) is 9.23 Å². The molecule has 0 saturated carbocycles. The molecule has 2 aliphatic carbocycles. The molecule has 0 N–H and O–H groups in total. The predicted octanol–water partition coefficient (Wildman–Crippen LogP) is 7.18. The Bertz CT molecular complexity index is 1390. The van der Waals surface area contributed by atoms with Crippen LogP contribution in [0.4, 0.5) is 0 Å². The van der Waals surface area contributed by atoms with Gasteiger partial charge in [-0.05, 0) is 63.6 Å². The lowest BCUT2D eigenvalue weighted by Gasteiger charge is -2.24. The monoisotopic (exact) mass is 412 g/mol. The second kappa shape index (κ2) is 7.10. The molecule has 1 unspecified atom stereocenters. The van der Waals surface area contributed by atoms with Gasteiger partial charge in [-0.15, -0.1) is 0 Å². The van der Waals surface area contributed by atoms with Crippen LogP contribution in [0.3, 0.4) is 0 Å². The van der Waals surface area contributed by atoms with Gasteiger partial charge in [-0.1, -0.05) is 103 Å². The van der Waals surface area contributed by atoms with E-state index in [1.165, 1.54) is 50.1 Å². The Hall–Kier alpha value is -3.84. The van der Waals surface area contributed by atoms with E-state index in [2.05, 4.69) is 116 Å². The van der Waals surface area contributed by atoms with Gasteiger partial charge in [0.2, 0.25) is 0 Å². The maximum absolute atomic E-state index is 5.66. The number of aryl methyl sites for hydroxylation is 1. The first kappa shape index (κ1) is 18.9. The highest BCUT2D eigenvalue weighted by atomic mass is 16.5. The molecule has 1 atom stereocenters. The number of ether oxygens (including phenoxy) is 1. The Kier molecular flexibility index (Phi) is 4.19. The van der Waals surface area contributed by atoms with Gasteiger partial charge in [-0.25, -0.2) is 0 Å². The van der Waals surface area contributed by atoms with Crippen LogP contribution in [0.25, 0.3) is 11.1 Å². The Morgan fingerprint density at radius 3 is 1.69 bits per heavy atom. The fourth-order valence-electron chi connectivity index (χ4n) is 5.28. The lowest BCUT2D eigenvalue weighted by atomic mass is 9.77. The van der Waals surface area contributed by atoms with Crippen molar-refractivity contribution in [2.45, 2.75) is 12.3 Å². The van der Waals surface area contributed by atoms with E-state index >= 15 is 0 Å². The normalized spacial score (nSPS) is 18.2. The zero-order valence-corrected chi connectivity index (χ0v) is 18.3. The van der Waals surface area contributed by atoms with Crippen LogP contribution in [0.1, 0.15) is 38.9 Å². The molecule has 0 amide bonds. The molecule has 6 rings (SSSR count). The number of benzene rings is 4. The summed E-state index contributed by atoms with van der Waals surface area (Å²) in [5.74, 6) is 0.890. The van der Waals surface area contributed by atoms with Crippen LogP contribution in [0.2, 0.25) is 0 Å². The molecule has 0 aromatic heterocycles. The highest BCUT2D eigenvalue weighted by Gasteiger charge is 2.44. The third kappa shape index (κ3) is 2.71. The summed E-state index contributed by atoms with van der Waals surface area (Å²) in [4.78, 5) is 0. The van der Waals surface area contributed by atoms with Crippen molar-refractivity contribution in [2.75, 3.05) is 7.11 Å². The van der Waals surface area contributed by atoms with Gasteiger partial charge in [0.15, 0.2) is 0 Å². The molecule has 0 aliphatic heterocycles. The predicted molar refractivity (Wildman–Crippen MR) is 132 cm³/mol. The Morgan fingerprint density at radius 2 is 1.12 bits per heavy atom. The molecule has 0 radical (unpaired) electrons. The molecular weight excluding hydrogens is 388 g/mol. The highest BCUT2D eigenvalue weighted by molar-refractivity contribution is 5.96. The molecule has 1 nitrogen and oxygen atoms in total. The summed E-state index contributed by atoms with van der Waals surface area (Å²) in [6, 6.07) is 34.8. The smallest absolute Gasteiger partial charge is 0.119 e. The first-order valence-corrected chi connectivity index (χ1v) is 11.1. The number of fused-ring (bicyclic) bond motifs is 4. The van der Waals surface area contributed by atoms with E-state index in [1.807, 2.05) is 0 Å². The number of methoxy groups -OCH3 is 1. The molecule has 4 aromatic rings. The standard InChI is InChI=1S/C31H24O/c1-21-13-15-25-27(22-9-5-3-6-10-22)19-31(29(25)17-21)20-28(23-11-7-4-8-12-23)26-16-14-24(32-2)18-30(26)31/h3-20H,1-2H3. The second-order valence-electron chi connectivity index (χ2n) is 8.68. The SMILES string of the molecule is COc1ccc2c(c1)C1(C=C(c3ccccc3)c3ccc(C)cc31)C=C2c1ccccc1. The van der Waals surface area contributed by atoms with Crippen LogP contribution in [0.5, 0.6) is 5.75 Å². The van der Waals surface area contributed by atoms with Crippen LogP contribution in [0.15, 0.2) is 109 Å². The Balaban J connectivity index is 1.69. The fraction of sp³-hybridized carbons (Fsp3) is 0.0968. The summed E-state index contributed by atoms with van der Waals surface area (Å²) >= 11 is 0. The van der Waals surface area contributed by atoms with Crippen molar-refractivity contribution in [3.8, 4) is 5.75 Å². The number of hydrogen-bond donors (Lipinski definition) is 0. The van der Waals surface area contributed by atoms with Crippen LogP contribution >= 0.6 is 0 Å². The van der Waals surface area contributed by atoms with E-state index in [-0.39, 0.29) is 5.41 Å². The van der Waals surface area contributed by atoms with E-state index in [0.717, 1.165) is 5.75 Å². The van der Waals surface area contributed by atoms with E-state index in [9.17, 15) is 0 Å². The third-order valence-electron chi connectivity index (χ3n) is 6.79. The van der Waals surface area contributed by atoms with E-state index in [4.69, 9.17) is 4.74 Å². The summed E-state index contributed by atoms with van der Waals surface area (Å²) in [6.07, 6.45) is 4.92. The molecular formula is C31H24O. The van der Waals surface area contributed by atoms with Crippen LogP contribution in [-0.4, -0.2) is 7.11 Å². The van der Waals surface area contributed by atoms with E-state index < -0.39 is 0 Å². The quantitative estimate of drug-likeness (QED) is 0.346. The van der Waals surface area contributed by atoms with Gasteiger partial charge in [0.1, 0.15) is 5.75 Å². The zero-order valence-electron chi connectivity index (χ0n) is 18.3. The maximum Gasteiger partial charge on any atom is 0.119 e. The molecule has 1 heteroatoms. The Morgan fingerprint density at radius 1 is 0.594 bits per heavy atom. The zero-order chi connectivity index (χ0) is 21.7. The molecule has 4 aromatic carbocycles. The molecule has 0 fully saturated rings. The first-order chi connectivity index (χ1) is 15.7. The van der Waals surface area contributed by atoms with Crippen molar-refractivity contribution in [3.05, 3.63) is 148 Å². The molecule has 0 heterocycles. The number of hydrogen-bond acceptors (Lipinski definition) is 1. The number of rotatable bonds is 3. The highest BCUT2D eigenvalue weighted by Crippen LogP contribution is 2.55. The van der Waals surface area contributed by atoms with Gasteiger partial charge >= 0.3 is 0 Å². The van der Waals surface area contributed by atoms with Crippen molar-refractivity contribution in [1.29, 1.82) is 0 Å². The minimum absolute atomic E-state index is 0.318.